The van der Waals surface area contributed by atoms with E-state index in [2.05, 4.69) is 10.2 Å². The maximum atomic E-state index is 13.4. The predicted octanol–water partition coefficient (Wildman–Crippen LogP) is 2.50. The van der Waals surface area contributed by atoms with Crippen molar-refractivity contribution in [2.75, 3.05) is 13.2 Å². The number of halogens is 2. The topological polar surface area (TPSA) is 67.8 Å². The van der Waals surface area contributed by atoms with Crippen LogP contribution in [0.3, 0.4) is 0 Å². The fourth-order valence-corrected chi connectivity index (χ4v) is 1.57. The molecule has 7 heteroatoms. The monoisotopic (exact) mass is 317 g/mol. The lowest BCUT2D eigenvalue weighted by atomic mass is 9.95. The molecule has 0 aliphatic heterocycles. The second kappa shape index (κ2) is 8.17. The number of hydrogen-bond acceptors (Lipinski definition) is 4. The predicted molar refractivity (Wildman–Crippen MR) is 76.0 cm³/mol. The minimum atomic E-state index is -0.700. The first-order valence-corrected chi connectivity index (χ1v) is 6.83. The molecule has 1 unspecified atom stereocenters. The van der Waals surface area contributed by atoms with Gasteiger partial charge in [-0.15, -0.1) is 0 Å². The SMILES string of the molecule is CC(C)(C)C(=O)NC(COO)COCc1ccc(F)cc1F. The van der Waals surface area contributed by atoms with Gasteiger partial charge in [0.25, 0.3) is 0 Å². The molecule has 1 aromatic carbocycles. The van der Waals surface area contributed by atoms with E-state index in [1.165, 1.54) is 6.07 Å². The van der Waals surface area contributed by atoms with Crippen molar-refractivity contribution >= 4 is 5.91 Å². The van der Waals surface area contributed by atoms with E-state index in [9.17, 15) is 13.6 Å². The van der Waals surface area contributed by atoms with E-state index < -0.39 is 23.1 Å². The molecule has 2 N–H and O–H groups in total. The van der Waals surface area contributed by atoms with Crippen LogP contribution in [0.1, 0.15) is 26.3 Å². The molecule has 0 saturated carbocycles. The van der Waals surface area contributed by atoms with Crippen molar-refractivity contribution in [2.24, 2.45) is 5.41 Å². The Bertz CT molecular complexity index is 503. The number of benzene rings is 1. The van der Waals surface area contributed by atoms with E-state index in [0.717, 1.165) is 12.1 Å². The average Bonchev–Trinajstić information content (AvgIpc) is 2.40. The van der Waals surface area contributed by atoms with Gasteiger partial charge in [0.1, 0.15) is 18.2 Å². The zero-order valence-corrected chi connectivity index (χ0v) is 12.9. The first-order chi connectivity index (χ1) is 10.2. The Labute approximate surface area is 128 Å². The molecule has 0 fully saturated rings. The molecule has 0 heterocycles. The smallest absolute Gasteiger partial charge is 0.225 e. The van der Waals surface area contributed by atoms with E-state index in [0.29, 0.717) is 0 Å². The van der Waals surface area contributed by atoms with Crippen LogP contribution in [0.25, 0.3) is 0 Å². The molecule has 1 atom stereocenters. The van der Waals surface area contributed by atoms with Gasteiger partial charge in [-0.1, -0.05) is 26.8 Å². The molecule has 0 bridgehead atoms. The minimum absolute atomic E-state index is 0.0131. The maximum absolute atomic E-state index is 13.4. The van der Waals surface area contributed by atoms with Gasteiger partial charge in [0, 0.05) is 17.0 Å². The second-order valence-corrected chi connectivity index (χ2v) is 5.97. The standard InChI is InChI=1S/C15H21F2NO4/c1-15(2,3)14(19)18-12(9-22-20)8-21-7-10-4-5-11(16)6-13(10)17/h4-6,12,20H,7-9H2,1-3H3,(H,18,19). The molecule has 22 heavy (non-hydrogen) atoms. The number of carbonyl (C=O) groups excluding carboxylic acids is 1. The zero-order valence-electron chi connectivity index (χ0n) is 12.9. The summed E-state index contributed by atoms with van der Waals surface area (Å²) in [6, 6.07) is 2.61. The summed E-state index contributed by atoms with van der Waals surface area (Å²) >= 11 is 0. The Hall–Kier alpha value is -1.57. The Morgan fingerprint density at radius 3 is 2.55 bits per heavy atom. The van der Waals surface area contributed by atoms with Crippen molar-refractivity contribution in [1.29, 1.82) is 0 Å². The summed E-state index contributed by atoms with van der Waals surface area (Å²) in [5, 5.41) is 11.2. The molecule has 1 rings (SSSR count). The van der Waals surface area contributed by atoms with Crippen molar-refractivity contribution in [1.82, 2.24) is 5.32 Å². The Morgan fingerprint density at radius 1 is 1.32 bits per heavy atom. The van der Waals surface area contributed by atoms with Crippen molar-refractivity contribution in [3.05, 3.63) is 35.4 Å². The molecular weight excluding hydrogens is 296 g/mol. The van der Waals surface area contributed by atoms with Crippen molar-refractivity contribution in [3.63, 3.8) is 0 Å². The van der Waals surface area contributed by atoms with Crippen LogP contribution in [0.2, 0.25) is 0 Å². The van der Waals surface area contributed by atoms with Crippen LogP contribution in [-0.2, 0) is 21.0 Å². The Morgan fingerprint density at radius 2 is 2.00 bits per heavy atom. The van der Waals surface area contributed by atoms with Gasteiger partial charge in [-0.25, -0.2) is 13.7 Å². The Kier molecular flexibility index (Phi) is 6.86. The average molecular weight is 317 g/mol. The fourth-order valence-electron chi connectivity index (χ4n) is 1.57. The van der Waals surface area contributed by atoms with Crippen molar-refractivity contribution in [3.8, 4) is 0 Å². The summed E-state index contributed by atoms with van der Waals surface area (Å²) in [7, 11) is 0. The third kappa shape index (κ3) is 6.05. The van der Waals surface area contributed by atoms with Gasteiger partial charge in [0.05, 0.1) is 19.3 Å². The van der Waals surface area contributed by atoms with Gasteiger partial charge in [-0.05, 0) is 6.07 Å². The lowest BCUT2D eigenvalue weighted by Crippen LogP contribution is -2.46. The molecule has 0 aliphatic rings. The minimum Gasteiger partial charge on any atom is -0.374 e. The largest absolute Gasteiger partial charge is 0.374 e. The lowest BCUT2D eigenvalue weighted by molar-refractivity contribution is -0.248. The number of amides is 1. The van der Waals surface area contributed by atoms with E-state index in [4.69, 9.17) is 9.99 Å². The maximum Gasteiger partial charge on any atom is 0.225 e. The van der Waals surface area contributed by atoms with Gasteiger partial charge in [-0.2, -0.15) is 0 Å². The number of ether oxygens (including phenoxy) is 1. The van der Waals surface area contributed by atoms with Gasteiger partial charge in [0.15, 0.2) is 0 Å². The number of carbonyl (C=O) groups is 1. The number of hydrogen-bond donors (Lipinski definition) is 2. The van der Waals surface area contributed by atoms with Crippen LogP contribution < -0.4 is 5.32 Å². The van der Waals surface area contributed by atoms with Crippen molar-refractivity contribution in [2.45, 2.75) is 33.4 Å². The van der Waals surface area contributed by atoms with Gasteiger partial charge < -0.3 is 10.1 Å². The van der Waals surface area contributed by atoms with Crippen LogP contribution >= 0.6 is 0 Å². The van der Waals surface area contributed by atoms with Crippen LogP contribution in [0, 0.1) is 17.0 Å². The molecule has 0 radical (unpaired) electrons. The van der Waals surface area contributed by atoms with Crippen LogP contribution in [0.15, 0.2) is 18.2 Å². The summed E-state index contributed by atoms with van der Waals surface area (Å²) in [6.45, 7) is 5.00. The molecular formula is C15H21F2NO4. The molecule has 124 valence electrons. The zero-order chi connectivity index (χ0) is 16.8. The highest BCUT2D eigenvalue weighted by Crippen LogP contribution is 2.14. The van der Waals surface area contributed by atoms with Gasteiger partial charge >= 0.3 is 0 Å². The second-order valence-electron chi connectivity index (χ2n) is 5.97. The van der Waals surface area contributed by atoms with E-state index >= 15 is 0 Å². The first kappa shape index (κ1) is 18.5. The third-order valence-electron chi connectivity index (χ3n) is 2.88. The Balaban J connectivity index is 2.52. The summed E-state index contributed by atoms with van der Waals surface area (Å²) in [6.07, 6.45) is 0. The summed E-state index contributed by atoms with van der Waals surface area (Å²) < 4.78 is 31.5. The quantitative estimate of drug-likeness (QED) is 0.599. The summed E-state index contributed by atoms with van der Waals surface area (Å²) in [5.74, 6) is -1.59. The molecule has 0 aromatic heterocycles. The van der Waals surface area contributed by atoms with Crippen LogP contribution in [0.5, 0.6) is 0 Å². The lowest BCUT2D eigenvalue weighted by Gasteiger charge is -2.23. The highest BCUT2D eigenvalue weighted by Gasteiger charge is 2.24. The molecule has 5 nitrogen and oxygen atoms in total. The fraction of sp³-hybridized carbons (Fsp3) is 0.533. The van der Waals surface area contributed by atoms with E-state index in [1.807, 2.05) is 0 Å². The number of nitrogens with one attached hydrogen (secondary N) is 1. The normalized spacial score (nSPS) is 13.0. The molecule has 0 aliphatic carbocycles. The first-order valence-electron chi connectivity index (χ1n) is 6.83. The van der Waals surface area contributed by atoms with E-state index in [1.54, 1.807) is 20.8 Å². The highest BCUT2D eigenvalue weighted by molar-refractivity contribution is 5.81. The molecule has 0 saturated heterocycles. The molecule has 0 spiro atoms. The third-order valence-corrected chi connectivity index (χ3v) is 2.88. The number of rotatable bonds is 7. The van der Waals surface area contributed by atoms with Gasteiger partial charge in [-0.3, -0.25) is 10.1 Å². The van der Waals surface area contributed by atoms with Crippen LogP contribution in [-0.4, -0.2) is 30.4 Å². The van der Waals surface area contributed by atoms with Crippen LogP contribution in [0.4, 0.5) is 8.78 Å². The van der Waals surface area contributed by atoms with Gasteiger partial charge in [0.2, 0.25) is 5.91 Å². The molecule has 1 amide bonds. The molecule has 1 aromatic rings. The highest BCUT2D eigenvalue weighted by atomic mass is 19.1. The summed E-state index contributed by atoms with van der Waals surface area (Å²) in [5.41, 5.74) is -0.399. The van der Waals surface area contributed by atoms with Crippen molar-refractivity contribution < 1.29 is 28.5 Å². The van der Waals surface area contributed by atoms with E-state index in [-0.39, 0.29) is 31.3 Å². The summed E-state index contributed by atoms with van der Waals surface area (Å²) in [4.78, 5) is 15.9.